The second kappa shape index (κ2) is 14.0. The molecule has 0 aliphatic rings. The normalized spacial score (nSPS) is 13.8. The number of ether oxygens (including phenoxy) is 2. The molecule has 0 radical (unpaired) electrons. The number of carbonyl (C=O) groups is 3. The van der Waals surface area contributed by atoms with Crippen molar-refractivity contribution < 1.29 is 41.3 Å². The molecule has 0 saturated carbocycles. The van der Waals surface area contributed by atoms with Gasteiger partial charge in [-0.1, -0.05) is 6.58 Å². The number of hydrogen-bond acceptors (Lipinski definition) is 8. The van der Waals surface area contributed by atoms with Gasteiger partial charge in [-0.15, -0.1) is 0 Å². The van der Waals surface area contributed by atoms with Gasteiger partial charge in [-0.25, -0.2) is 4.79 Å². The fraction of sp³-hybridized carbons (Fsp3) is 0.773. The van der Waals surface area contributed by atoms with E-state index in [4.69, 9.17) is 21.8 Å². The first kappa shape index (κ1) is 33.9. The highest BCUT2D eigenvalue weighted by molar-refractivity contribution is 6.90. The Labute approximate surface area is 215 Å². The van der Waals surface area contributed by atoms with Crippen molar-refractivity contribution in [3.8, 4) is 0 Å². The molecule has 1 unspecified atom stereocenters. The van der Waals surface area contributed by atoms with Crippen LogP contribution in [0.15, 0.2) is 12.2 Å². The highest BCUT2D eigenvalue weighted by atomic mass is 28.5. The predicted molar refractivity (Wildman–Crippen MR) is 146 cm³/mol. The lowest BCUT2D eigenvalue weighted by molar-refractivity contribution is -0.154. The minimum atomic E-state index is -3.04. The Bertz CT molecular complexity index is 696. The van der Waals surface area contributed by atoms with Gasteiger partial charge >= 0.3 is 26.7 Å². The summed E-state index contributed by atoms with van der Waals surface area (Å²) in [5.74, 6) is -3.25. The molecule has 0 aliphatic carbocycles. The van der Waals surface area contributed by atoms with Gasteiger partial charge in [-0.05, 0) is 78.7 Å². The fourth-order valence-corrected chi connectivity index (χ4v) is 17.7. The van der Waals surface area contributed by atoms with E-state index in [0.717, 1.165) is 0 Å². The minimum Gasteiger partial charge on any atom is -0.481 e. The summed E-state index contributed by atoms with van der Waals surface area (Å²) < 4.78 is 30.3. The van der Waals surface area contributed by atoms with Gasteiger partial charge in [0.25, 0.3) is 0 Å². The van der Waals surface area contributed by atoms with Gasteiger partial charge < -0.3 is 26.9 Å². The monoisotopic (exact) mass is 566 g/mol. The number of carbonyl (C=O) groups excluding carboxylic acids is 2. The molecule has 0 amide bonds. The first-order valence-electron chi connectivity index (χ1n) is 12.0. The maximum Gasteiger partial charge on any atom is 0.469 e. The van der Waals surface area contributed by atoms with E-state index in [1.54, 1.807) is 0 Å². The number of hydrogen-bond donors (Lipinski definition) is 1. The molecular weight excluding hydrogens is 521 g/mol. The number of aliphatic carboxylic acids is 1. The highest BCUT2D eigenvalue weighted by Gasteiger charge is 2.49. The second-order valence-electron chi connectivity index (χ2n) is 11.6. The lowest BCUT2D eigenvalue weighted by Gasteiger charge is -2.42. The summed E-state index contributed by atoms with van der Waals surface area (Å²) >= 11 is 0. The van der Waals surface area contributed by atoms with Crippen molar-refractivity contribution in [1.29, 1.82) is 0 Å². The van der Waals surface area contributed by atoms with Crippen LogP contribution in [0.1, 0.15) is 26.2 Å². The zero-order valence-electron chi connectivity index (χ0n) is 23.2. The summed E-state index contributed by atoms with van der Waals surface area (Å²) in [5.41, 5.74) is 0.233. The van der Waals surface area contributed by atoms with Crippen molar-refractivity contribution in [3.05, 3.63) is 12.2 Å². The summed E-state index contributed by atoms with van der Waals surface area (Å²) in [4.78, 5) is 35.4. The van der Waals surface area contributed by atoms with E-state index in [2.05, 4.69) is 65.5 Å². The standard InChI is InChI=1S/C22H46O9Si4/c1-18(2)21(25)28-15-13-19(17-20(23)24)22(26)27-14-12-16-35(29-32(3,4)5,30-33(6,7)8)31-34(9,10)11/h19H,1,12-17H2,2-11H3,(H,23,24). The van der Waals surface area contributed by atoms with E-state index < -0.39 is 64.0 Å². The summed E-state index contributed by atoms with van der Waals surface area (Å²) in [6.45, 7) is 23.9. The van der Waals surface area contributed by atoms with E-state index in [1.165, 1.54) is 6.92 Å². The van der Waals surface area contributed by atoms with Crippen LogP contribution in [0.4, 0.5) is 0 Å². The minimum absolute atomic E-state index is 0.0546. The third kappa shape index (κ3) is 17.1. The lowest BCUT2D eigenvalue weighted by Crippen LogP contribution is -2.60. The van der Waals surface area contributed by atoms with Gasteiger partial charge in [0.2, 0.25) is 0 Å². The maximum atomic E-state index is 12.6. The van der Waals surface area contributed by atoms with Gasteiger partial charge in [0, 0.05) is 11.6 Å². The van der Waals surface area contributed by atoms with Gasteiger partial charge in [0.1, 0.15) is 0 Å². The van der Waals surface area contributed by atoms with Crippen molar-refractivity contribution >= 4 is 51.7 Å². The number of rotatable bonds is 17. The van der Waals surface area contributed by atoms with Crippen molar-refractivity contribution in [2.75, 3.05) is 13.2 Å². The Hall–Kier alpha value is -1.10. The fourth-order valence-electron chi connectivity index (χ4n) is 3.13. The Morgan fingerprint density at radius 2 is 1.26 bits per heavy atom. The Morgan fingerprint density at radius 3 is 1.63 bits per heavy atom. The molecular formula is C22H46O9Si4. The second-order valence-corrected chi connectivity index (χ2v) is 28.6. The Kier molecular flexibility index (Phi) is 13.6. The van der Waals surface area contributed by atoms with Crippen LogP contribution < -0.4 is 0 Å². The van der Waals surface area contributed by atoms with Crippen LogP contribution in [-0.2, 0) is 36.2 Å². The van der Waals surface area contributed by atoms with E-state index in [0.29, 0.717) is 12.5 Å². The van der Waals surface area contributed by atoms with Gasteiger partial charge in [-0.3, -0.25) is 9.59 Å². The summed E-state index contributed by atoms with van der Waals surface area (Å²) in [5, 5.41) is 9.17. The van der Waals surface area contributed by atoms with E-state index >= 15 is 0 Å². The molecule has 35 heavy (non-hydrogen) atoms. The quantitative estimate of drug-likeness (QED) is 0.112. The molecule has 0 bridgehead atoms. The third-order valence-corrected chi connectivity index (χ3v) is 16.1. The first-order valence-corrected chi connectivity index (χ1v) is 24.1. The molecule has 0 saturated heterocycles. The van der Waals surface area contributed by atoms with E-state index in [-0.39, 0.29) is 25.2 Å². The predicted octanol–water partition coefficient (Wildman–Crippen LogP) is 5.01. The zero-order chi connectivity index (χ0) is 27.7. The molecule has 0 fully saturated rings. The largest absolute Gasteiger partial charge is 0.481 e. The zero-order valence-corrected chi connectivity index (χ0v) is 27.2. The van der Waals surface area contributed by atoms with Gasteiger partial charge in [-0.2, -0.15) is 0 Å². The van der Waals surface area contributed by atoms with Crippen molar-refractivity contribution in [1.82, 2.24) is 0 Å². The Morgan fingerprint density at radius 1 is 0.800 bits per heavy atom. The molecule has 0 aromatic heterocycles. The SMILES string of the molecule is C=C(C)C(=O)OCCC(CC(=O)O)C(=O)OCCC[Si](O[Si](C)(C)C)(O[Si](C)(C)C)O[Si](C)(C)C. The average Bonchev–Trinajstić information content (AvgIpc) is 2.59. The first-order chi connectivity index (χ1) is 15.6. The number of carboxylic acids is 1. The van der Waals surface area contributed by atoms with Crippen LogP contribution in [0.3, 0.4) is 0 Å². The van der Waals surface area contributed by atoms with Crippen molar-refractivity contribution in [3.63, 3.8) is 0 Å². The van der Waals surface area contributed by atoms with E-state index in [1.807, 2.05) is 0 Å². The van der Waals surface area contributed by atoms with Crippen molar-refractivity contribution in [2.45, 2.75) is 91.2 Å². The highest BCUT2D eigenvalue weighted by Crippen LogP contribution is 2.30. The summed E-state index contributed by atoms with van der Waals surface area (Å²) in [6, 6.07) is 0.513. The van der Waals surface area contributed by atoms with Gasteiger partial charge in [0.15, 0.2) is 25.0 Å². The number of esters is 2. The molecule has 9 nitrogen and oxygen atoms in total. The lowest BCUT2D eigenvalue weighted by atomic mass is 10.0. The van der Waals surface area contributed by atoms with Crippen LogP contribution in [0, 0.1) is 5.92 Å². The Balaban J connectivity index is 5.28. The summed E-state index contributed by atoms with van der Waals surface area (Å²) in [7, 11) is -9.06. The topological polar surface area (TPSA) is 118 Å². The molecule has 0 rings (SSSR count). The van der Waals surface area contributed by atoms with Crippen LogP contribution in [0.2, 0.25) is 65.0 Å². The van der Waals surface area contributed by atoms with Gasteiger partial charge in [0.05, 0.1) is 25.6 Å². The molecule has 0 aliphatic heterocycles. The molecule has 1 atom stereocenters. The maximum absolute atomic E-state index is 12.6. The van der Waals surface area contributed by atoms with Crippen LogP contribution in [-0.4, -0.2) is 70.0 Å². The van der Waals surface area contributed by atoms with E-state index in [9.17, 15) is 19.5 Å². The molecule has 204 valence electrons. The molecule has 0 heterocycles. The molecule has 13 heteroatoms. The van der Waals surface area contributed by atoms with Crippen LogP contribution in [0.5, 0.6) is 0 Å². The molecule has 1 N–H and O–H groups in total. The third-order valence-electron chi connectivity index (χ3n) is 4.06. The van der Waals surface area contributed by atoms with Crippen LogP contribution >= 0.6 is 0 Å². The molecule has 0 aromatic rings. The van der Waals surface area contributed by atoms with Crippen molar-refractivity contribution in [2.24, 2.45) is 5.92 Å². The molecule has 0 aromatic carbocycles. The van der Waals surface area contributed by atoms with Crippen LogP contribution in [0.25, 0.3) is 0 Å². The number of carboxylic acid groups (broad SMARTS) is 1. The smallest absolute Gasteiger partial charge is 0.469 e. The summed E-state index contributed by atoms with van der Waals surface area (Å²) in [6.07, 6.45) is 0.124. The average molecular weight is 567 g/mol. The molecule has 0 spiro atoms.